The summed E-state index contributed by atoms with van der Waals surface area (Å²) in [7, 11) is 3.50. The predicted octanol–water partition coefficient (Wildman–Crippen LogP) is 2.36. The molecule has 1 saturated heterocycles. The molecule has 1 aromatic heterocycles. The van der Waals surface area contributed by atoms with Crippen LogP contribution < -0.4 is 0 Å². The molecular formula is C18H20N2O3. The van der Waals surface area contributed by atoms with E-state index in [2.05, 4.69) is 41.1 Å². The Bertz CT molecular complexity index is 713. The molecule has 5 heteroatoms. The zero-order valence-corrected chi connectivity index (χ0v) is 13.3. The number of methoxy groups -OCH3 is 1. The van der Waals surface area contributed by atoms with Gasteiger partial charge in [0.2, 0.25) is 0 Å². The van der Waals surface area contributed by atoms with Gasteiger partial charge in [-0.25, -0.2) is 0 Å². The van der Waals surface area contributed by atoms with Gasteiger partial charge in [0.25, 0.3) is 0 Å². The van der Waals surface area contributed by atoms with Gasteiger partial charge >= 0.3 is 5.97 Å². The zero-order chi connectivity index (χ0) is 16.0. The van der Waals surface area contributed by atoms with Gasteiger partial charge in [0.15, 0.2) is 0 Å². The smallest absolute Gasteiger partial charge is 0.325 e. The Morgan fingerprint density at radius 3 is 2.83 bits per heavy atom. The third-order valence-electron chi connectivity index (χ3n) is 5.05. The van der Waals surface area contributed by atoms with Crippen molar-refractivity contribution in [3.05, 3.63) is 59.5 Å². The van der Waals surface area contributed by atoms with Gasteiger partial charge in [-0.2, -0.15) is 0 Å². The fourth-order valence-electron chi connectivity index (χ4n) is 4.07. The highest BCUT2D eigenvalue weighted by Crippen LogP contribution is 2.47. The Morgan fingerprint density at radius 2 is 2.09 bits per heavy atom. The average molecular weight is 312 g/mol. The number of carbonyl (C=O) groups excluding carboxylic acids is 1. The van der Waals surface area contributed by atoms with Crippen molar-refractivity contribution in [2.45, 2.75) is 24.7 Å². The molecule has 0 bridgehead atoms. The minimum absolute atomic E-state index is 0.0687. The van der Waals surface area contributed by atoms with Crippen LogP contribution in [0.3, 0.4) is 0 Å². The third-order valence-corrected chi connectivity index (χ3v) is 5.05. The number of likely N-dealkylation sites (N-methyl/N-ethyl adjacent to an activating group) is 1. The quantitative estimate of drug-likeness (QED) is 0.797. The van der Waals surface area contributed by atoms with Crippen LogP contribution in [0.5, 0.6) is 0 Å². The maximum Gasteiger partial charge on any atom is 0.325 e. The van der Waals surface area contributed by atoms with Crippen LogP contribution >= 0.6 is 0 Å². The summed E-state index contributed by atoms with van der Waals surface area (Å²) in [6.07, 6.45) is 2.67. The topological polar surface area (TPSA) is 45.9 Å². The number of fused-ring (bicyclic) bond motifs is 3. The van der Waals surface area contributed by atoms with Gasteiger partial charge < -0.3 is 9.15 Å². The van der Waals surface area contributed by atoms with Crippen LogP contribution in [0.4, 0.5) is 0 Å². The molecule has 1 aromatic carbocycles. The number of nitrogens with zero attached hydrogens (tertiary/aromatic N) is 2. The second-order valence-electron chi connectivity index (χ2n) is 6.15. The van der Waals surface area contributed by atoms with Gasteiger partial charge in [0, 0.05) is 6.54 Å². The standard InChI is InChI=1S/C18H20N2O3/c1-19-15(14-8-5-11-23-14)16(18(21)22-2)20-10-9-12-6-3-4-7-13(12)17(19)20/h3-8,11,15-17H,9-10H2,1-2H3/t15-,16+,17-/m1/s1. The molecule has 2 aliphatic rings. The van der Waals surface area contributed by atoms with Crippen LogP contribution in [0.2, 0.25) is 0 Å². The molecule has 0 aliphatic carbocycles. The molecule has 0 saturated carbocycles. The van der Waals surface area contributed by atoms with Crippen molar-refractivity contribution < 1.29 is 13.9 Å². The lowest BCUT2D eigenvalue weighted by Gasteiger charge is -2.35. The molecular weight excluding hydrogens is 292 g/mol. The molecule has 3 atom stereocenters. The van der Waals surface area contributed by atoms with Crippen LogP contribution in [0.1, 0.15) is 29.1 Å². The molecule has 23 heavy (non-hydrogen) atoms. The highest BCUT2D eigenvalue weighted by molar-refractivity contribution is 5.77. The molecule has 5 nitrogen and oxygen atoms in total. The monoisotopic (exact) mass is 312 g/mol. The van der Waals surface area contributed by atoms with E-state index < -0.39 is 0 Å². The van der Waals surface area contributed by atoms with Gasteiger partial charge in [0.05, 0.1) is 25.6 Å². The van der Waals surface area contributed by atoms with Gasteiger partial charge in [-0.1, -0.05) is 24.3 Å². The Balaban J connectivity index is 1.82. The van der Waals surface area contributed by atoms with E-state index in [4.69, 9.17) is 9.15 Å². The van der Waals surface area contributed by atoms with Crippen molar-refractivity contribution in [2.24, 2.45) is 0 Å². The fourth-order valence-corrected chi connectivity index (χ4v) is 4.07. The molecule has 4 rings (SSSR count). The van der Waals surface area contributed by atoms with Crippen molar-refractivity contribution >= 4 is 5.97 Å². The van der Waals surface area contributed by atoms with Crippen molar-refractivity contribution in [3.8, 4) is 0 Å². The van der Waals surface area contributed by atoms with E-state index in [1.54, 1.807) is 6.26 Å². The van der Waals surface area contributed by atoms with Gasteiger partial charge in [-0.05, 0) is 36.7 Å². The van der Waals surface area contributed by atoms with Crippen molar-refractivity contribution in [1.29, 1.82) is 0 Å². The molecule has 0 amide bonds. The van der Waals surface area contributed by atoms with Crippen LogP contribution in [0.25, 0.3) is 0 Å². The summed E-state index contributed by atoms with van der Waals surface area (Å²) in [6, 6.07) is 11.8. The zero-order valence-electron chi connectivity index (χ0n) is 13.3. The lowest BCUT2D eigenvalue weighted by molar-refractivity contribution is -0.147. The van der Waals surface area contributed by atoms with Gasteiger partial charge in [-0.15, -0.1) is 0 Å². The predicted molar refractivity (Wildman–Crippen MR) is 84.6 cm³/mol. The normalized spacial score (nSPS) is 27.5. The summed E-state index contributed by atoms with van der Waals surface area (Å²) < 4.78 is 10.7. The van der Waals surface area contributed by atoms with Crippen LogP contribution in [0, 0.1) is 0 Å². The van der Waals surface area contributed by atoms with Crippen LogP contribution in [0.15, 0.2) is 47.1 Å². The Kier molecular flexibility index (Phi) is 3.47. The summed E-state index contributed by atoms with van der Waals surface area (Å²) in [5, 5.41) is 0. The minimum Gasteiger partial charge on any atom is -0.468 e. The van der Waals surface area contributed by atoms with E-state index in [9.17, 15) is 4.79 Å². The number of rotatable bonds is 2. The van der Waals surface area contributed by atoms with Crippen LogP contribution in [-0.2, 0) is 16.0 Å². The van der Waals surface area contributed by atoms with E-state index in [0.717, 1.165) is 18.7 Å². The molecule has 3 heterocycles. The number of esters is 1. The molecule has 0 spiro atoms. The van der Waals surface area contributed by atoms with Gasteiger partial charge in [0.1, 0.15) is 11.8 Å². The largest absolute Gasteiger partial charge is 0.468 e. The average Bonchev–Trinajstić information content (AvgIpc) is 3.20. The Morgan fingerprint density at radius 1 is 1.26 bits per heavy atom. The first kappa shape index (κ1) is 14.5. The van der Waals surface area contributed by atoms with Crippen LogP contribution in [-0.4, -0.2) is 42.5 Å². The van der Waals surface area contributed by atoms with E-state index in [0.29, 0.717) is 0 Å². The molecule has 2 aromatic rings. The summed E-state index contributed by atoms with van der Waals surface area (Å²) in [4.78, 5) is 17.0. The summed E-state index contributed by atoms with van der Waals surface area (Å²) >= 11 is 0. The van der Waals surface area contributed by atoms with E-state index in [1.807, 2.05) is 12.1 Å². The molecule has 120 valence electrons. The molecule has 0 N–H and O–H groups in total. The number of furan rings is 1. The maximum absolute atomic E-state index is 12.5. The summed E-state index contributed by atoms with van der Waals surface area (Å²) in [6.45, 7) is 0.836. The first-order valence-corrected chi connectivity index (χ1v) is 7.89. The maximum atomic E-state index is 12.5. The van der Waals surface area contributed by atoms with Gasteiger partial charge in [-0.3, -0.25) is 14.6 Å². The highest BCUT2D eigenvalue weighted by atomic mass is 16.5. The Labute approximate surface area is 135 Å². The van der Waals surface area contributed by atoms with Crippen molar-refractivity contribution in [3.63, 3.8) is 0 Å². The minimum atomic E-state index is -0.352. The number of benzene rings is 1. The second kappa shape index (κ2) is 5.51. The highest BCUT2D eigenvalue weighted by Gasteiger charge is 2.53. The number of carbonyl (C=O) groups is 1. The van der Waals surface area contributed by atoms with E-state index in [-0.39, 0.29) is 24.2 Å². The lowest BCUT2D eigenvalue weighted by atomic mass is 9.97. The van der Waals surface area contributed by atoms with E-state index >= 15 is 0 Å². The number of ether oxygens (including phenoxy) is 1. The van der Waals surface area contributed by atoms with E-state index in [1.165, 1.54) is 18.2 Å². The fraction of sp³-hybridized carbons (Fsp3) is 0.389. The summed E-state index contributed by atoms with van der Waals surface area (Å²) in [5.74, 6) is 0.593. The molecule has 0 radical (unpaired) electrons. The number of hydrogen-bond donors (Lipinski definition) is 0. The lowest BCUT2D eigenvalue weighted by Crippen LogP contribution is -2.43. The Hall–Kier alpha value is -2.11. The molecule has 1 fully saturated rings. The first-order valence-electron chi connectivity index (χ1n) is 7.89. The SMILES string of the molecule is COC(=O)[C@@H]1[C@@H](c2ccco2)N(C)[C@H]2c3ccccc3CCN12. The van der Waals surface area contributed by atoms with Crippen molar-refractivity contribution in [1.82, 2.24) is 9.80 Å². The third kappa shape index (κ3) is 2.11. The molecule has 2 aliphatic heterocycles. The van der Waals surface area contributed by atoms with Crippen molar-refractivity contribution in [2.75, 3.05) is 20.7 Å². The summed E-state index contributed by atoms with van der Waals surface area (Å²) in [5.41, 5.74) is 2.62. The second-order valence-corrected chi connectivity index (χ2v) is 6.15. The number of hydrogen-bond acceptors (Lipinski definition) is 5. The first-order chi connectivity index (χ1) is 11.2. The molecule has 0 unspecified atom stereocenters.